The number of pyridine rings is 1. The number of nitrogens with zero attached hydrogens (tertiary/aromatic N) is 2. The summed E-state index contributed by atoms with van der Waals surface area (Å²) in [5, 5.41) is 0.384. The highest BCUT2D eigenvalue weighted by molar-refractivity contribution is 7.92. The Bertz CT molecular complexity index is 1380. The molecule has 0 unspecified atom stereocenters. The van der Waals surface area contributed by atoms with E-state index in [1.165, 1.54) is 6.07 Å². The molecular formula is C27H32ClN3O5S. The Kier molecular flexibility index (Phi) is 8.46. The Morgan fingerprint density at radius 3 is 2.65 bits per heavy atom. The number of nitrogens with one attached hydrogen (secondary N) is 1. The van der Waals surface area contributed by atoms with Gasteiger partial charge >= 0.3 is 0 Å². The van der Waals surface area contributed by atoms with Crippen molar-refractivity contribution in [1.82, 2.24) is 9.88 Å². The molecule has 1 aromatic heterocycles. The molecule has 4 rings (SSSR count). The Hall–Kier alpha value is -3.01. The molecule has 1 aliphatic rings. The molecule has 0 saturated heterocycles. The van der Waals surface area contributed by atoms with Crippen molar-refractivity contribution < 1.29 is 22.6 Å². The second-order valence-electron chi connectivity index (χ2n) is 9.19. The molecule has 37 heavy (non-hydrogen) atoms. The standard InChI is InChI=1S/C27H32ClN3O5S/c1-18-21(28)8-6-10-26(18)37(32,33)30-23-16-20-7-5-9-22(20)29-27(23)36-17-19-11-12-24(34-4)25(15-19)35-14-13-31(2)3/h6,8,10-12,15-16,30H,5,7,9,13-14,17H2,1-4H3. The van der Waals surface area contributed by atoms with E-state index in [0.717, 1.165) is 42.6 Å². The molecule has 0 saturated carbocycles. The summed E-state index contributed by atoms with van der Waals surface area (Å²) in [5.41, 5.74) is 3.57. The van der Waals surface area contributed by atoms with Gasteiger partial charge in [-0.3, -0.25) is 4.72 Å². The summed E-state index contributed by atoms with van der Waals surface area (Å²) >= 11 is 6.18. The van der Waals surface area contributed by atoms with E-state index in [2.05, 4.69) is 9.71 Å². The molecule has 0 radical (unpaired) electrons. The number of halogens is 1. The third kappa shape index (κ3) is 6.47. The first-order valence-corrected chi connectivity index (χ1v) is 13.9. The first-order valence-electron chi connectivity index (χ1n) is 12.1. The maximum Gasteiger partial charge on any atom is 0.262 e. The molecule has 0 aliphatic heterocycles. The Balaban J connectivity index is 1.58. The summed E-state index contributed by atoms with van der Waals surface area (Å²) in [4.78, 5) is 6.82. The number of hydrogen-bond acceptors (Lipinski definition) is 7. The lowest BCUT2D eigenvalue weighted by Gasteiger charge is -2.17. The van der Waals surface area contributed by atoms with Crippen molar-refractivity contribution in [2.24, 2.45) is 0 Å². The number of anilines is 1. The van der Waals surface area contributed by atoms with Crippen LogP contribution < -0.4 is 18.9 Å². The second kappa shape index (κ2) is 11.6. The van der Waals surface area contributed by atoms with Crippen molar-refractivity contribution >= 4 is 27.3 Å². The highest BCUT2D eigenvalue weighted by Gasteiger charge is 2.24. The van der Waals surface area contributed by atoms with Gasteiger partial charge in [0.15, 0.2) is 11.5 Å². The van der Waals surface area contributed by atoms with Crippen molar-refractivity contribution in [3.63, 3.8) is 0 Å². The van der Waals surface area contributed by atoms with E-state index in [1.54, 1.807) is 26.2 Å². The van der Waals surface area contributed by atoms with Crippen LogP contribution in [-0.4, -0.2) is 52.7 Å². The maximum atomic E-state index is 13.3. The second-order valence-corrected chi connectivity index (χ2v) is 11.3. The fourth-order valence-corrected chi connectivity index (χ4v) is 5.68. The van der Waals surface area contributed by atoms with Crippen LogP contribution in [0.5, 0.6) is 17.4 Å². The first-order chi connectivity index (χ1) is 17.7. The van der Waals surface area contributed by atoms with E-state index in [-0.39, 0.29) is 17.4 Å². The summed E-state index contributed by atoms with van der Waals surface area (Å²) in [6, 6.07) is 12.2. The van der Waals surface area contributed by atoms with Gasteiger partial charge in [0.25, 0.3) is 10.0 Å². The smallest absolute Gasteiger partial charge is 0.262 e. The van der Waals surface area contributed by atoms with Crippen LogP contribution in [0.1, 0.15) is 28.8 Å². The predicted molar refractivity (Wildman–Crippen MR) is 145 cm³/mol. The highest BCUT2D eigenvalue weighted by Crippen LogP contribution is 2.34. The molecule has 0 fully saturated rings. The summed E-state index contributed by atoms with van der Waals surface area (Å²) in [6.07, 6.45) is 2.65. The van der Waals surface area contributed by atoms with E-state index >= 15 is 0 Å². The van der Waals surface area contributed by atoms with E-state index < -0.39 is 10.0 Å². The Morgan fingerprint density at radius 2 is 1.89 bits per heavy atom. The number of likely N-dealkylation sites (N-methyl/N-ethyl adjacent to an activating group) is 1. The van der Waals surface area contributed by atoms with Gasteiger partial charge in [0.2, 0.25) is 5.88 Å². The molecular weight excluding hydrogens is 514 g/mol. The van der Waals surface area contributed by atoms with Crippen LogP contribution in [0.25, 0.3) is 0 Å². The lowest BCUT2D eigenvalue weighted by molar-refractivity contribution is 0.249. The molecule has 1 N–H and O–H groups in total. The monoisotopic (exact) mass is 545 g/mol. The van der Waals surface area contributed by atoms with Gasteiger partial charge in [0.1, 0.15) is 18.9 Å². The average molecular weight is 546 g/mol. The third-order valence-corrected chi connectivity index (χ3v) is 8.09. The van der Waals surface area contributed by atoms with E-state index in [4.69, 9.17) is 25.8 Å². The third-order valence-electron chi connectivity index (χ3n) is 6.17. The van der Waals surface area contributed by atoms with Gasteiger partial charge in [-0.15, -0.1) is 0 Å². The van der Waals surface area contributed by atoms with Crippen molar-refractivity contribution in [3.05, 3.63) is 69.9 Å². The SMILES string of the molecule is COc1ccc(COc2nc3c(cc2NS(=O)(=O)c2cccc(Cl)c2C)CCC3)cc1OCCN(C)C. The largest absolute Gasteiger partial charge is 0.493 e. The molecule has 0 atom stereocenters. The minimum atomic E-state index is -3.92. The van der Waals surface area contributed by atoms with E-state index in [0.29, 0.717) is 34.4 Å². The number of benzene rings is 2. The van der Waals surface area contributed by atoms with E-state index in [9.17, 15) is 8.42 Å². The lowest BCUT2D eigenvalue weighted by Crippen LogP contribution is -2.19. The van der Waals surface area contributed by atoms with Crippen molar-refractivity contribution in [1.29, 1.82) is 0 Å². The number of aromatic nitrogens is 1. The minimum absolute atomic E-state index is 0.112. The molecule has 1 aliphatic carbocycles. The number of ether oxygens (including phenoxy) is 3. The van der Waals surface area contributed by atoms with Crippen LogP contribution >= 0.6 is 11.6 Å². The zero-order chi connectivity index (χ0) is 26.6. The molecule has 0 amide bonds. The fraction of sp³-hybridized carbons (Fsp3) is 0.370. The number of sulfonamides is 1. The lowest BCUT2D eigenvalue weighted by atomic mass is 10.2. The van der Waals surface area contributed by atoms with Gasteiger partial charge in [-0.1, -0.05) is 23.7 Å². The molecule has 0 bridgehead atoms. The van der Waals surface area contributed by atoms with Crippen molar-refractivity contribution in [3.8, 4) is 17.4 Å². The predicted octanol–water partition coefficient (Wildman–Crippen LogP) is 4.86. The zero-order valence-corrected chi connectivity index (χ0v) is 23.1. The zero-order valence-electron chi connectivity index (χ0n) is 21.5. The number of rotatable bonds is 11. The average Bonchev–Trinajstić information content (AvgIpc) is 3.31. The van der Waals surface area contributed by atoms with Crippen LogP contribution in [0.3, 0.4) is 0 Å². The first kappa shape index (κ1) is 27.0. The quantitative estimate of drug-likeness (QED) is 0.368. The molecule has 3 aromatic rings. The number of aryl methyl sites for hydroxylation is 2. The molecule has 10 heteroatoms. The van der Waals surface area contributed by atoms with Crippen LogP contribution in [-0.2, 0) is 29.5 Å². The number of methoxy groups -OCH3 is 1. The van der Waals surface area contributed by atoms with Gasteiger partial charge in [0.05, 0.1) is 12.0 Å². The normalized spacial score (nSPS) is 12.9. The molecule has 1 heterocycles. The summed E-state index contributed by atoms with van der Waals surface area (Å²) < 4.78 is 46.7. The van der Waals surface area contributed by atoms with Crippen LogP contribution in [0.2, 0.25) is 5.02 Å². The van der Waals surface area contributed by atoms with Gasteiger partial charge in [0, 0.05) is 17.3 Å². The summed E-state index contributed by atoms with van der Waals surface area (Å²) in [7, 11) is 1.64. The van der Waals surface area contributed by atoms with Gasteiger partial charge in [-0.2, -0.15) is 0 Å². The summed E-state index contributed by atoms with van der Waals surface area (Å²) in [6.45, 7) is 3.12. The van der Waals surface area contributed by atoms with E-state index in [1.807, 2.05) is 43.3 Å². The Labute approximate surface area is 223 Å². The number of hydrogen-bond donors (Lipinski definition) is 1. The fourth-order valence-electron chi connectivity index (χ4n) is 4.13. The number of fused-ring (bicyclic) bond motifs is 1. The Morgan fingerprint density at radius 1 is 1.08 bits per heavy atom. The summed E-state index contributed by atoms with van der Waals surface area (Å²) in [5.74, 6) is 1.48. The van der Waals surface area contributed by atoms with Crippen LogP contribution in [0, 0.1) is 6.92 Å². The highest BCUT2D eigenvalue weighted by atomic mass is 35.5. The molecule has 2 aromatic carbocycles. The maximum absolute atomic E-state index is 13.3. The molecule has 198 valence electrons. The van der Waals surface area contributed by atoms with Gasteiger partial charge in [-0.25, -0.2) is 13.4 Å². The van der Waals surface area contributed by atoms with Crippen LogP contribution in [0.15, 0.2) is 47.4 Å². The van der Waals surface area contributed by atoms with Crippen molar-refractivity contribution in [2.45, 2.75) is 37.7 Å². The van der Waals surface area contributed by atoms with Gasteiger partial charge < -0.3 is 19.1 Å². The van der Waals surface area contributed by atoms with Crippen molar-refractivity contribution in [2.75, 3.05) is 39.1 Å². The molecule has 8 nitrogen and oxygen atoms in total. The minimum Gasteiger partial charge on any atom is -0.493 e. The molecule has 0 spiro atoms. The topological polar surface area (TPSA) is 90.0 Å². The van der Waals surface area contributed by atoms with Gasteiger partial charge in [-0.05, 0) is 87.3 Å². The van der Waals surface area contributed by atoms with Crippen LogP contribution in [0.4, 0.5) is 5.69 Å².